The fraction of sp³-hybridized carbons (Fsp3) is 0.467. The van der Waals surface area contributed by atoms with E-state index in [1.165, 1.54) is 4.90 Å². The van der Waals surface area contributed by atoms with E-state index in [2.05, 4.69) is 0 Å². The van der Waals surface area contributed by atoms with Gasteiger partial charge >= 0.3 is 5.97 Å². The Kier molecular flexibility index (Phi) is 4.11. The molecule has 0 unspecified atom stereocenters. The molecule has 2 heterocycles. The van der Waals surface area contributed by atoms with E-state index in [9.17, 15) is 9.59 Å². The van der Waals surface area contributed by atoms with E-state index < -0.39 is 12.0 Å². The second kappa shape index (κ2) is 6.04. The molecule has 3 rings (SSSR count). The average Bonchev–Trinajstić information content (AvgIpc) is 2.97. The molecule has 7 heteroatoms. The number of amides is 1. The molecule has 0 saturated carbocycles. The maximum Gasteiger partial charge on any atom is 0.326 e. The zero-order valence-electron chi connectivity index (χ0n) is 11.9. The van der Waals surface area contributed by atoms with E-state index in [0.29, 0.717) is 54.7 Å². The molecule has 118 valence electrons. The number of hydrogen-bond acceptors (Lipinski definition) is 4. The summed E-state index contributed by atoms with van der Waals surface area (Å²) in [4.78, 5) is 24.9. The minimum absolute atomic E-state index is 0.0974. The van der Waals surface area contributed by atoms with Crippen molar-refractivity contribution in [3.05, 3.63) is 22.7 Å². The number of carboxylic acids is 1. The standard InChI is InChI=1S/C15H16ClNO5/c16-10-6-9(7-12-14(10)22-5-4-21-12)8-13(18)17-3-1-2-11(17)15(19)20/h6-7,11H,1-5,8H2,(H,19,20)/t11-/m0/s1. The van der Waals surface area contributed by atoms with Crippen LogP contribution in [0.15, 0.2) is 12.1 Å². The summed E-state index contributed by atoms with van der Waals surface area (Å²) in [6.45, 7) is 1.36. The van der Waals surface area contributed by atoms with Gasteiger partial charge in [0.1, 0.15) is 19.3 Å². The number of likely N-dealkylation sites (tertiary alicyclic amines) is 1. The van der Waals surface area contributed by atoms with Crippen LogP contribution in [0.5, 0.6) is 11.5 Å². The third kappa shape index (κ3) is 2.83. The summed E-state index contributed by atoms with van der Waals surface area (Å²) in [7, 11) is 0. The molecule has 0 aromatic heterocycles. The molecule has 1 saturated heterocycles. The molecule has 0 bridgehead atoms. The first-order valence-electron chi connectivity index (χ1n) is 7.16. The zero-order valence-corrected chi connectivity index (χ0v) is 12.6. The van der Waals surface area contributed by atoms with E-state index in [1.807, 2.05) is 0 Å². The highest BCUT2D eigenvalue weighted by molar-refractivity contribution is 6.32. The summed E-state index contributed by atoms with van der Waals surface area (Å²) in [5, 5.41) is 9.55. The van der Waals surface area contributed by atoms with Crippen molar-refractivity contribution in [2.45, 2.75) is 25.3 Å². The van der Waals surface area contributed by atoms with Crippen LogP contribution in [0.4, 0.5) is 0 Å². The molecule has 1 aromatic rings. The fourth-order valence-electron chi connectivity index (χ4n) is 2.86. The van der Waals surface area contributed by atoms with Gasteiger partial charge in [0, 0.05) is 6.54 Å². The molecule has 0 aliphatic carbocycles. The maximum absolute atomic E-state index is 12.4. The summed E-state index contributed by atoms with van der Waals surface area (Å²) in [5.41, 5.74) is 0.690. The number of aliphatic carboxylic acids is 1. The minimum Gasteiger partial charge on any atom is -0.486 e. The van der Waals surface area contributed by atoms with Gasteiger partial charge in [-0.05, 0) is 30.5 Å². The molecule has 6 nitrogen and oxygen atoms in total. The quantitative estimate of drug-likeness (QED) is 0.916. The van der Waals surface area contributed by atoms with Gasteiger partial charge in [-0.2, -0.15) is 0 Å². The molecule has 2 aliphatic heterocycles. The third-order valence-corrected chi connectivity index (χ3v) is 4.15. The molecule has 1 N–H and O–H groups in total. The fourth-order valence-corrected chi connectivity index (χ4v) is 3.15. The number of carbonyl (C=O) groups excluding carboxylic acids is 1. The predicted molar refractivity (Wildman–Crippen MR) is 78.5 cm³/mol. The van der Waals surface area contributed by atoms with Gasteiger partial charge in [-0.25, -0.2) is 4.79 Å². The molecule has 1 atom stereocenters. The van der Waals surface area contributed by atoms with Crippen LogP contribution in [0, 0.1) is 0 Å². The monoisotopic (exact) mass is 325 g/mol. The van der Waals surface area contributed by atoms with Gasteiger partial charge in [0.05, 0.1) is 11.4 Å². The van der Waals surface area contributed by atoms with Crippen LogP contribution in [0.1, 0.15) is 18.4 Å². The van der Waals surface area contributed by atoms with Gasteiger partial charge in [0.25, 0.3) is 0 Å². The highest BCUT2D eigenvalue weighted by atomic mass is 35.5. The van der Waals surface area contributed by atoms with Crippen molar-refractivity contribution in [3.8, 4) is 11.5 Å². The first-order chi connectivity index (χ1) is 10.6. The lowest BCUT2D eigenvalue weighted by Crippen LogP contribution is -2.41. The lowest BCUT2D eigenvalue weighted by atomic mass is 10.1. The zero-order chi connectivity index (χ0) is 15.7. The molecule has 22 heavy (non-hydrogen) atoms. The number of fused-ring (bicyclic) bond motifs is 1. The Balaban J connectivity index is 1.77. The van der Waals surface area contributed by atoms with Crippen LogP contribution in [0.25, 0.3) is 0 Å². The number of halogens is 1. The molecular weight excluding hydrogens is 310 g/mol. The highest BCUT2D eigenvalue weighted by Crippen LogP contribution is 2.38. The number of nitrogens with zero attached hydrogens (tertiary/aromatic N) is 1. The normalized spacial score (nSPS) is 20.0. The lowest BCUT2D eigenvalue weighted by molar-refractivity contribution is -0.148. The van der Waals surface area contributed by atoms with Gasteiger partial charge in [-0.3, -0.25) is 4.79 Å². The van der Waals surface area contributed by atoms with Crippen molar-refractivity contribution in [2.75, 3.05) is 19.8 Å². The van der Waals surface area contributed by atoms with Crippen LogP contribution in [-0.4, -0.2) is 47.7 Å². The van der Waals surface area contributed by atoms with Gasteiger partial charge in [-0.1, -0.05) is 11.6 Å². The number of rotatable bonds is 3. The topological polar surface area (TPSA) is 76.1 Å². The Bertz CT molecular complexity index is 618. The van der Waals surface area contributed by atoms with Crippen molar-refractivity contribution in [1.82, 2.24) is 4.90 Å². The van der Waals surface area contributed by atoms with E-state index >= 15 is 0 Å². The van der Waals surface area contributed by atoms with Crippen molar-refractivity contribution >= 4 is 23.5 Å². The number of hydrogen-bond donors (Lipinski definition) is 1. The van der Waals surface area contributed by atoms with Crippen molar-refractivity contribution < 1.29 is 24.2 Å². The molecule has 2 aliphatic rings. The SMILES string of the molecule is O=C(O)[C@@H]1CCCN1C(=O)Cc1cc(Cl)c2c(c1)OCCO2. The van der Waals surface area contributed by atoms with Crippen molar-refractivity contribution in [2.24, 2.45) is 0 Å². The Morgan fingerprint density at radius 2 is 2.09 bits per heavy atom. The summed E-state index contributed by atoms with van der Waals surface area (Å²) in [5.74, 6) is -0.143. The summed E-state index contributed by atoms with van der Waals surface area (Å²) in [6, 6.07) is 2.67. The predicted octanol–water partition coefficient (Wildman–Crippen LogP) is 1.73. The summed E-state index contributed by atoms with van der Waals surface area (Å²) in [6.07, 6.45) is 1.31. The van der Waals surface area contributed by atoms with Crippen LogP contribution in [0.2, 0.25) is 5.02 Å². The van der Waals surface area contributed by atoms with Crippen molar-refractivity contribution in [1.29, 1.82) is 0 Å². The van der Waals surface area contributed by atoms with Crippen LogP contribution in [0.3, 0.4) is 0 Å². The second-order valence-electron chi connectivity index (χ2n) is 5.36. The summed E-state index contributed by atoms with van der Waals surface area (Å²) < 4.78 is 10.9. The molecule has 0 radical (unpaired) electrons. The molecule has 0 spiro atoms. The van der Waals surface area contributed by atoms with Gasteiger partial charge in [-0.15, -0.1) is 0 Å². The van der Waals surface area contributed by atoms with Crippen molar-refractivity contribution in [3.63, 3.8) is 0 Å². The number of carbonyl (C=O) groups is 2. The average molecular weight is 326 g/mol. The second-order valence-corrected chi connectivity index (χ2v) is 5.77. The van der Waals surface area contributed by atoms with Crippen LogP contribution >= 0.6 is 11.6 Å². The first kappa shape index (κ1) is 15.0. The third-order valence-electron chi connectivity index (χ3n) is 3.87. The lowest BCUT2D eigenvalue weighted by Gasteiger charge is -2.23. The summed E-state index contributed by atoms with van der Waals surface area (Å²) >= 11 is 6.15. The minimum atomic E-state index is -0.953. The molecule has 1 aromatic carbocycles. The Morgan fingerprint density at radius 3 is 2.86 bits per heavy atom. The number of carboxylic acid groups (broad SMARTS) is 1. The Labute approximate surface area is 132 Å². The Morgan fingerprint density at radius 1 is 1.32 bits per heavy atom. The first-order valence-corrected chi connectivity index (χ1v) is 7.54. The molecule has 1 fully saturated rings. The van der Waals surface area contributed by atoms with Gasteiger partial charge < -0.3 is 19.5 Å². The molecule has 1 amide bonds. The van der Waals surface area contributed by atoms with E-state index in [0.717, 1.165) is 0 Å². The number of benzene rings is 1. The van der Waals surface area contributed by atoms with E-state index in [4.69, 9.17) is 26.2 Å². The van der Waals surface area contributed by atoms with E-state index in [1.54, 1.807) is 12.1 Å². The Hall–Kier alpha value is -1.95. The number of ether oxygens (including phenoxy) is 2. The highest BCUT2D eigenvalue weighted by Gasteiger charge is 2.33. The van der Waals surface area contributed by atoms with Gasteiger partial charge in [0.2, 0.25) is 5.91 Å². The van der Waals surface area contributed by atoms with Gasteiger partial charge in [0.15, 0.2) is 11.5 Å². The van der Waals surface area contributed by atoms with Crippen LogP contribution < -0.4 is 9.47 Å². The van der Waals surface area contributed by atoms with Crippen LogP contribution in [-0.2, 0) is 16.0 Å². The molecular formula is C15H16ClNO5. The van der Waals surface area contributed by atoms with E-state index in [-0.39, 0.29) is 12.3 Å². The maximum atomic E-state index is 12.4. The smallest absolute Gasteiger partial charge is 0.326 e. The largest absolute Gasteiger partial charge is 0.486 e.